The summed E-state index contributed by atoms with van der Waals surface area (Å²) in [6, 6.07) is 4.22. The van der Waals surface area contributed by atoms with Crippen molar-refractivity contribution in [3.05, 3.63) is 28.8 Å². The largest absolute Gasteiger partial charge is 0.418 e. The third-order valence-corrected chi connectivity index (χ3v) is 4.62. The van der Waals surface area contributed by atoms with Crippen LogP contribution in [0.4, 0.5) is 18.9 Å². The van der Waals surface area contributed by atoms with Gasteiger partial charge in [0.2, 0.25) is 0 Å². The number of nitrogens with two attached hydrogens (primary N) is 1. The Morgan fingerprint density at radius 1 is 1.15 bits per heavy atom. The van der Waals surface area contributed by atoms with Gasteiger partial charge in [-0.3, -0.25) is 0 Å². The van der Waals surface area contributed by atoms with Crippen LogP contribution in [0.25, 0.3) is 0 Å². The summed E-state index contributed by atoms with van der Waals surface area (Å²) in [7, 11) is 0. The second kappa shape index (κ2) is 4.81. The van der Waals surface area contributed by atoms with Crippen LogP contribution in [-0.4, -0.2) is 18.1 Å². The lowest BCUT2D eigenvalue weighted by atomic mass is 9.96. The Kier molecular flexibility index (Phi) is 3.37. The monoisotopic (exact) mass is 304 g/mol. The van der Waals surface area contributed by atoms with Crippen molar-refractivity contribution in [3.63, 3.8) is 0 Å². The Balaban J connectivity index is 2.07. The van der Waals surface area contributed by atoms with Gasteiger partial charge >= 0.3 is 6.18 Å². The minimum absolute atomic E-state index is 0.0738. The fourth-order valence-corrected chi connectivity index (χ4v) is 3.86. The zero-order chi connectivity index (χ0) is 14.5. The van der Waals surface area contributed by atoms with Crippen LogP contribution in [0.15, 0.2) is 18.2 Å². The van der Waals surface area contributed by atoms with Crippen LogP contribution in [0.1, 0.15) is 31.2 Å². The highest BCUT2D eigenvalue weighted by Gasteiger charge is 2.44. The minimum Gasteiger partial charge on any atom is -0.364 e. The van der Waals surface area contributed by atoms with E-state index < -0.39 is 11.7 Å². The summed E-state index contributed by atoms with van der Waals surface area (Å²) in [6.07, 6.45) is -1.14. The van der Waals surface area contributed by atoms with Gasteiger partial charge in [0, 0.05) is 18.1 Å². The van der Waals surface area contributed by atoms with Crippen LogP contribution in [0.2, 0.25) is 5.02 Å². The van der Waals surface area contributed by atoms with Crippen LogP contribution in [0.3, 0.4) is 0 Å². The number of alkyl halides is 3. The van der Waals surface area contributed by atoms with Crippen molar-refractivity contribution in [2.45, 2.75) is 50.0 Å². The lowest BCUT2D eigenvalue weighted by Crippen LogP contribution is -2.48. The molecule has 20 heavy (non-hydrogen) atoms. The molecule has 2 nitrogen and oxygen atoms in total. The van der Waals surface area contributed by atoms with Crippen molar-refractivity contribution < 1.29 is 13.2 Å². The molecule has 6 heteroatoms. The Hall–Kier alpha value is -0.940. The highest BCUT2D eigenvalue weighted by molar-refractivity contribution is 6.33. The van der Waals surface area contributed by atoms with Gasteiger partial charge in [0.1, 0.15) is 0 Å². The number of benzene rings is 1. The first-order chi connectivity index (χ1) is 9.38. The molecule has 2 atom stereocenters. The van der Waals surface area contributed by atoms with Gasteiger partial charge < -0.3 is 10.6 Å². The van der Waals surface area contributed by atoms with E-state index in [0.29, 0.717) is 0 Å². The summed E-state index contributed by atoms with van der Waals surface area (Å²) in [5.74, 6) is 0. The quantitative estimate of drug-likeness (QED) is 0.854. The third kappa shape index (κ3) is 2.27. The number of nitrogens with zero attached hydrogens (tertiary/aromatic N) is 1. The fourth-order valence-electron chi connectivity index (χ4n) is 3.59. The van der Waals surface area contributed by atoms with E-state index in [2.05, 4.69) is 0 Å². The molecular weight excluding hydrogens is 289 g/mol. The van der Waals surface area contributed by atoms with Crippen LogP contribution in [-0.2, 0) is 6.18 Å². The topological polar surface area (TPSA) is 29.3 Å². The molecular formula is C14H16ClF3N2. The maximum atomic E-state index is 13.2. The Morgan fingerprint density at radius 3 is 2.30 bits per heavy atom. The molecule has 0 spiro atoms. The van der Waals surface area contributed by atoms with Crippen molar-refractivity contribution >= 4 is 17.3 Å². The standard InChI is InChI=1S/C14H16ClF3N2/c15-12-3-1-2-11(14(16,17)18)13(12)20-9-4-5-10(20)7-8(19)6-9/h1-3,8-10H,4-7,19H2. The van der Waals surface area contributed by atoms with E-state index in [-0.39, 0.29) is 28.8 Å². The maximum absolute atomic E-state index is 13.2. The lowest BCUT2D eigenvalue weighted by Gasteiger charge is -2.41. The molecule has 2 N–H and O–H groups in total. The molecule has 1 aromatic carbocycles. The van der Waals surface area contributed by atoms with Crippen molar-refractivity contribution in [1.29, 1.82) is 0 Å². The summed E-state index contributed by atoms with van der Waals surface area (Å²) in [5.41, 5.74) is 5.47. The normalized spacial score (nSPS) is 29.9. The van der Waals surface area contributed by atoms with Gasteiger partial charge in [0.25, 0.3) is 0 Å². The molecule has 110 valence electrons. The van der Waals surface area contributed by atoms with Gasteiger partial charge in [-0.25, -0.2) is 0 Å². The number of fused-ring (bicyclic) bond motifs is 2. The van der Waals surface area contributed by atoms with Crippen molar-refractivity contribution in [3.8, 4) is 0 Å². The van der Waals surface area contributed by atoms with Crippen molar-refractivity contribution in [2.24, 2.45) is 5.73 Å². The van der Waals surface area contributed by atoms with Crippen LogP contribution >= 0.6 is 11.6 Å². The van der Waals surface area contributed by atoms with E-state index in [4.69, 9.17) is 17.3 Å². The second-order valence-electron chi connectivity index (χ2n) is 5.66. The molecule has 2 fully saturated rings. The number of rotatable bonds is 1. The lowest BCUT2D eigenvalue weighted by molar-refractivity contribution is -0.137. The SMILES string of the molecule is NC1CC2CCC(C1)N2c1c(Cl)cccc1C(F)(F)F. The summed E-state index contributed by atoms with van der Waals surface area (Å²) in [5, 5.41) is 0.173. The number of para-hydroxylation sites is 1. The Labute approximate surface area is 120 Å². The fraction of sp³-hybridized carbons (Fsp3) is 0.571. The number of hydrogen-bond acceptors (Lipinski definition) is 2. The molecule has 0 saturated carbocycles. The highest BCUT2D eigenvalue weighted by atomic mass is 35.5. The van der Waals surface area contributed by atoms with Gasteiger partial charge in [-0.2, -0.15) is 13.2 Å². The van der Waals surface area contributed by atoms with E-state index in [1.54, 1.807) is 0 Å². The molecule has 2 unspecified atom stereocenters. The molecule has 2 aliphatic heterocycles. The van der Waals surface area contributed by atoms with Crippen molar-refractivity contribution in [1.82, 2.24) is 0 Å². The predicted molar refractivity (Wildman–Crippen MR) is 73.0 cm³/mol. The van der Waals surface area contributed by atoms with Crippen LogP contribution < -0.4 is 10.6 Å². The number of hydrogen-bond donors (Lipinski definition) is 1. The first-order valence-electron chi connectivity index (χ1n) is 6.77. The smallest absolute Gasteiger partial charge is 0.364 e. The average molecular weight is 305 g/mol. The second-order valence-corrected chi connectivity index (χ2v) is 6.06. The molecule has 2 bridgehead atoms. The summed E-state index contributed by atoms with van der Waals surface area (Å²) in [6.45, 7) is 0. The number of piperidine rings is 1. The summed E-state index contributed by atoms with van der Waals surface area (Å²) >= 11 is 6.09. The molecule has 3 rings (SSSR count). The Bertz CT molecular complexity index is 504. The molecule has 0 aliphatic carbocycles. The first-order valence-corrected chi connectivity index (χ1v) is 7.15. The van der Waals surface area contributed by atoms with E-state index in [9.17, 15) is 13.2 Å². The molecule has 2 heterocycles. The van der Waals surface area contributed by atoms with E-state index >= 15 is 0 Å². The highest BCUT2D eigenvalue weighted by Crippen LogP contribution is 2.47. The summed E-state index contributed by atoms with van der Waals surface area (Å²) < 4.78 is 39.7. The maximum Gasteiger partial charge on any atom is 0.418 e. The van der Waals surface area contributed by atoms with E-state index in [0.717, 1.165) is 31.7 Å². The first kappa shape index (κ1) is 14.0. The molecule has 0 radical (unpaired) electrons. The van der Waals surface area contributed by atoms with E-state index in [1.807, 2.05) is 4.90 Å². The van der Waals surface area contributed by atoms with Gasteiger partial charge in [0.05, 0.1) is 16.3 Å². The summed E-state index contributed by atoms with van der Waals surface area (Å²) in [4.78, 5) is 1.87. The molecule has 0 amide bonds. The zero-order valence-corrected chi connectivity index (χ0v) is 11.6. The van der Waals surface area contributed by atoms with Gasteiger partial charge in [-0.05, 0) is 37.8 Å². The van der Waals surface area contributed by atoms with Crippen LogP contribution in [0.5, 0.6) is 0 Å². The molecule has 0 aromatic heterocycles. The zero-order valence-electron chi connectivity index (χ0n) is 10.8. The average Bonchev–Trinajstić information content (AvgIpc) is 2.60. The van der Waals surface area contributed by atoms with Crippen molar-refractivity contribution in [2.75, 3.05) is 4.90 Å². The minimum atomic E-state index is -4.39. The number of halogens is 4. The predicted octanol–water partition coefficient (Wildman–Crippen LogP) is 3.82. The molecule has 2 saturated heterocycles. The molecule has 1 aromatic rings. The van der Waals surface area contributed by atoms with Gasteiger partial charge in [0.15, 0.2) is 0 Å². The van der Waals surface area contributed by atoms with Gasteiger partial charge in [-0.1, -0.05) is 17.7 Å². The third-order valence-electron chi connectivity index (χ3n) is 4.32. The number of anilines is 1. The molecule has 2 aliphatic rings. The van der Waals surface area contributed by atoms with E-state index in [1.165, 1.54) is 12.1 Å². The van der Waals surface area contributed by atoms with Crippen LogP contribution in [0, 0.1) is 0 Å². The van der Waals surface area contributed by atoms with Gasteiger partial charge in [-0.15, -0.1) is 0 Å². The Morgan fingerprint density at radius 2 is 1.75 bits per heavy atom.